The maximum absolute atomic E-state index is 13.6. The summed E-state index contributed by atoms with van der Waals surface area (Å²) in [6.07, 6.45) is 4.01. The Morgan fingerprint density at radius 2 is 1.88 bits per heavy atom. The van der Waals surface area contributed by atoms with Gasteiger partial charge in [0.05, 0.1) is 10.4 Å². The second-order valence-electron chi connectivity index (χ2n) is 9.91. The lowest BCUT2D eigenvalue weighted by Crippen LogP contribution is -2.42. The summed E-state index contributed by atoms with van der Waals surface area (Å²) >= 11 is 2.94. The fraction of sp³-hybridized carbons (Fsp3) is 0.542. The van der Waals surface area contributed by atoms with Gasteiger partial charge in [0, 0.05) is 23.9 Å². The minimum absolute atomic E-state index is 0.0406. The van der Waals surface area contributed by atoms with Crippen molar-refractivity contribution in [2.75, 3.05) is 18.4 Å². The quantitative estimate of drug-likeness (QED) is 0.682. The van der Waals surface area contributed by atoms with Crippen molar-refractivity contribution in [3.8, 4) is 0 Å². The minimum Gasteiger partial charge on any atom is -0.369 e. The van der Waals surface area contributed by atoms with Gasteiger partial charge in [-0.05, 0) is 60.4 Å². The lowest BCUT2D eigenvalue weighted by Gasteiger charge is -2.34. The molecule has 1 aliphatic heterocycles. The smallest absolute Gasteiger partial charge is 0.266 e. The van der Waals surface area contributed by atoms with Gasteiger partial charge in [-0.1, -0.05) is 26.8 Å². The number of hydrogen-bond donors (Lipinski definition) is 2. The van der Waals surface area contributed by atoms with E-state index in [0.717, 1.165) is 24.8 Å². The van der Waals surface area contributed by atoms with Gasteiger partial charge in [-0.25, -0.2) is 0 Å². The highest BCUT2D eigenvalue weighted by atomic mass is 32.1. The van der Waals surface area contributed by atoms with E-state index in [1.165, 1.54) is 16.2 Å². The molecule has 2 aromatic heterocycles. The summed E-state index contributed by atoms with van der Waals surface area (Å²) in [5.74, 6) is -0.125. The molecule has 32 heavy (non-hydrogen) atoms. The van der Waals surface area contributed by atoms with Crippen LogP contribution in [0.25, 0.3) is 0 Å². The number of amides is 3. The molecule has 0 aromatic carbocycles. The first-order valence-corrected chi connectivity index (χ1v) is 12.9. The zero-order valence-corrected chi connectivity index (χ0v) is 20.5. The van der Waals surface area contributed by atoms with Crippen molar-refractivity contribution < 1.29 is 14.4 Å². The first-order valence-electron chi connectivity index (χ1n) is 11.2. The molecule has 172 valence electrons. The van der Waals surface area contributed by atoms with E-state index < -0.39 is 0 Å². The van der Waals surface area contributed by atoms with E-state index in [1.807, 2.05) is 16.3 Å². The number of thiophene rings is 2. The third-order valence-corrected chi connectivity index (χ3v) is 8.90. The third-order valence-electron chi connectivity index (χ3n) is 6.86. The molecular weight excluding hydrogens is 442 g/mol. The maximum atomic E-state index is 13.6. The molecule has 4 rings (SSSR count). The number of fused-ring (bicyclic) bond motifs is 1. The molecule has 1 aliphatic carbocycles. The van der Waals surface area contributed by atoms with Crippen LogP contribution in [0.1, 0.15) is 70.5 Å². The van der Waals surface area contributed by atoms with Gasteiger partial charge >= 0.3 is 0 Å². The molecule has 1 atom stereocenters. The Morgan fingerprint density at radius 1 is 1.16 bits per heavy atom. The molecule has 2 aliphatic rings. The third kappa shape index (κ3) is 4.62. The molecular formula is C24H31N3O3S2. The fourth-order valence-electron chi connectivity index (χ4n) is 4.74. The molecule has 0 bridgehead atoms. The molecule has 0 unspecified atom stereocenters. The van der Waals surface area contributed by atoms with E-state index in [2.05, 4.69) is 26.1 Å². The zero-order valence-electron chi connectivity index (χ0n) is 18.9. The van der Waals surface area contributed by atoms with Crippen LogP contribution in [0, 0.1) is 17.3 Å². The van der Waals surface area contributed by atoms with Gasteiger partial charge in [0.25, 0.3) is 11.8 Å². The van der Waals surface area contributed by atoms with E-state index in [1.54, 1.807) is 17.4 Å². The van der Waals surface area contributed by atoms with Crippen LogP contribution in [0.15, 0.2) is 17.5 Å². The highest BCUT2D eigenvalue weighted by Gasteiger charge is 2.36. The average Bonchev–Trinajstić information content (AvgIpc) is 3.40. The van der Waals surface area contributed by atoms with Crippen LogP contribution in [-0.4, -0.2) is 35.7 Å². The summed E-state index contributed by atoms with van der Waals surface area (Å²) < 4.78 is 0. The first kappa shape index (κ1) is 23.0. The van der Waals surface area contributed by atoms with E-state index >= 15 is 0 Å². The summed E-state index contributed by atoms with van der Waals surface area (Å²) in [4.78, 5) is 41.6. The van der Waals surface area contributed by atoms with Crippen LogP contribution in [0.4, 0.5) is 5.00 Å². The molecule has 8 heteroatoms. The number of nitrogens with zero attached hydrogens (tertiary/aromatic N) is 1. The van der Waals surface area contributed by atoms with Gasteiger partial charge in [0.15, 0.2) is 0 Å². The lowest BCUT2D eigenvalue weighted by molar-refractivity contribution is -0.123. The highest BCUT2D eigenvalue weighted by molar-refractivity contribution is 7.17. The normalized spacial score (nSPS) is 19.5. The molecule has 3 N–H and O–H groups in total. The molecule has 6 nitrogen and oxygen atoms in total. The Bertz CT molecular complexity index is 1010. The van der Waals surface area contributed by atoms with Crippen LogP contribution in [0.2, 0.25) is 0 Å². The Morgan fingerprint density at radius 3 is 2.47 bits per heavy atom. The van der Waals surface area contributed by atoms with Gasteiger partial charge in [-0.15, -0.1) is 22.7 Å². The standard InChI is InChI=1S/C24H31N3O3S2/c1-24(2,3)15-6-7-16-18(13-15)32-22(26-21(29)17-5-4-12-31-17)19(16)23(30)27-10-8-14(9-11-27)20(25)28/h4-5,12,14-15H,6-11,13H2,1-3H3,(H2,25,28)(H,26,29)/t15-/m0/s1. The lowest BCUT2D eigenvalue weighted by atomic mass is 9.72. The van der Waals surface area contributed by atoms with Gasteiger partial charge in [0.1, 0.15) is 5.00 Å². The fourth-order valence-corrected chi connectivity index (χ4v) is 6.67. The summed E-state index contributed by atoms with van der Waals surface area (Å²) in [6, 6.07) is 3.64. The molecule has 0 spiro atoms. The second kappa shape index (κ2) is 8.98. The Labute approximate surface area is 197 Å². The molecule has 3 amide bonds. The van der Waals surface area contributed by atoms with Crippen LogP contribution in [0.5, 0.6) is 0 Å². The van der Waals surface area contributed by atoms with Gasteiger partial charge < -0.3 is 16.0 Å². The minimum atomic E-state index is -0.290. The van der Waals surface area contributed by atoms with Crippen molar-refractivity contribution in [3.63, 3.8) is 0 Å². The number of anilines is 1. The summed E-state index contributed by atoms with van der Waals surface area (Å²) in [6.45, 7) is 7.83. The number of rotatable bonds is 4. The molecule has 0 saturated carbocycles. The molecule has 0 radical (unpaired) electrons. The summed E-state index contributed by atoms with van der Waals surface area (Å²) in [7, 11) is 0. The SMILES string of the molecule is CC(C)(C)[C@H]1CCc2c(sc(NC(=O)c3cccs3)c2C(=O)N2CCC(C(N)=O)CC2)C1. The number of primary amides is 1. The predicted molar refractivity (Wildman–Crippen MR) is 129 cm³/mol. The van der Waals surface area contributed by atoms with Crippen molar-refractivity contribution in [3.05, 3.63) is 38.4 Å². The van der Waals surface area contributed by atoms with E-state index in [9.17, 15) is 14.4 Å². The van der Waals surface area contributed by atoms with Crippen LogP contribution < -0.4 is 11.1 Å². The van der Waals surface area contributed by atoms with Crippen molar-refractivity contribution in [1.82, 2.24) is 4.90 Å². The molecule has 3 heterocycles. The number of carbonyl (C=O) groups excluding carboxylic acids is 3. The Hall–Kier alpha value is -2.19. The monoisotopic (exact) mass is 473 g/mol. The van der Waals surface area contributed by atoms with Crippen LogP contribution in [0.3, 0.4) is 0 Å². The van der Waals surface area contributed by atoms with Gasteiger partial charge in [0.2, 0.25) is 5.91 Å². The zero-order chi connectivity index (χ0) is 23.0. The number of nitrogens with one attached hydrogen (secondary N) is 1. The predicted octanol–water partition coefficient (Wildman–Crippen LogP) is 4.55. The number of carbonyl (C=O) groups is 3. The molecule has 2 aromatic rings. The number of piperidine rings is 1. The van der Waals surface area contributed by atoms with Crippen LogP contribution in [-0.2, 0) is 17.6 Å². The van der Waals surface area contributed by atoms with Gasteiger partial charge in [-0.3, -0.25) is 14.4 Å². The number of hydrogen-bond acceptors (Lipinski definition) is 5. The van der Waals surface area contributed by atoms with Gasteiger partial charge in [-0.2, -0.15) is 0 Å². The first-order chi connectivity index (χ1) is 15.1. The Balaban J connectivity index is 1.63. The van der Waals surface area contributed by atoms with Crippen molar-refractivity contribution >= 4 is 45.4 Å². The van der Waals surface area contributed by atoms with Crippen molar-refractivity contribution in [1.29, 1.82) is 0 Å². The van der Waals surface area contributed by atoms with E-state index in [-0.39, 0.29) is 29.1 Å². The molecule has 1 fully saturated rings. The topological polar surface area (TPSA) is 92.5 Å². The Kier molecular flexibility index (Phi) is 6.45. The summed E-state index contributed by atoms with van der Waals surface area (Å²) in [5.41, 5.74) is 7.41. The summed E-state index contributed by atoms with van der Waals surface area (Å²) in [5, 5.41) is 5.57. The maximum Gasteiger partial charge on any atom is 0.266 e. The van der Waals surface area contributed by atoms with Crippen LogP contribution >= 0.6 is 22.7 Å². The largest absolute Gasteiger partial charge is 0.369 e. The molecule has 1 saturated heterocycles. The second-order valence-corrected chi connectivity index (χ2v) is 12.0. The number of nitrogens with two attached hydrogens (primary N) is 1. The highest BCUT2D eigenvalue weighted by Crippen LogP contribution is 2.45. The van der Waals surface area contributed by atoms with E-state index in [0.29, 0.717) is 47.3 Å². The van der Waals surface area contributed by atoms with Crippen molar-refractivity contribution in [2.24, 2.45) is 23.0 Å². The number of likely N-dealkylation sites (tertiary alicyclic amines) is 1. The average molecular weight is 474 g/mol. The van der Waals surface area contributed by atoms with Crippen molar-refractivity contribution in [2.45, 2.75) is 52.9 Å². The van der Waals surface area contributed by atoms with E-state index in [4.69, 9.17) is 5.73 Å².